The number of aromatic nitrogens is 1. The number of hydrogen-bond acceptors (Lipinski definition) is 5. The van der Waals surface area contributed by atoms with Crippen LogP contribution in [0, 0.1) is 11.3 Å². The number of nitrogen functional groups attached to an aromatic ring is 1. The second-order valence-corrected chi connectivity index (χ2v) is 4.80. The molecule has 0 radical (unpaired) electrons. The van der Waals surface area contributed by atoms with E-state index >= 15 is 0 Å². The molecule has 7 heteroatoms. The van der Waals surface area contributed by atoms with E-state index in [-0.39, 0.29) is 29.3 Å². The number of amides is 1. The molecule has 0 aliphatic heterocycles. The van der Waals surface area contributed by atoms with E-state index in [0.717, 1.165) is 5.56 Å². The predicted molar refractivity (Wildman–Crippen MR) is 84.0 cm³/mol. The maximum Gasteiger partial charge on any atom is 0.357 e. The third-order valence-corrected chi connectivity index (χ3v) is 3.38. The van der Waals surface area contributed by atoms with Crippen molar-refractivity contribution >= 4 is 17.6 Å². The molecule has 1 aromatic carbocycles. The molecule has 2 rings (SSSR count). The SMILES string of the molecule is CNC(=O)Cc1cccc(-n2cc(C#N)c(N)c2C(=O)OC)c1. The summed E-state index contributed by atoms with van der Waals surface area (Å²) < 4.78 is 6.23. The van der Waals surface area contributed by atoms with Crippen LogP contribution in [0.1, 0.15) is 21.6 Å². The molecule has 0 saturated carbocycles. The van der Waals surface area contributed by atoms with Crippen molar-refractivity contribution in [3.8, 4) is 11.8 Å². The van der Waals surface area contributed by atoms with Crippen LogP contribution in [-0.4, -0.2) is 30.6 Å². The molecule has 23 heavy (non-hydrogen) atoms. The molecule has 0 spiro atoms. The van der Waals surface area contributed by atoms with Crippen LogP contribution < -0.4 is 11.1 Å². The average Bonchev–Trinajstić information content (AvgIpc) is 2.90. The number of benzene rings is 1. The number of ether oxygens (including phenoxy) is 1. The van der Waals surface area contributed by atoms with E-state index < -0.39 is 5.97 Å². The first-order valence-electron chi connectivity index (χ1n) is 6.81. The van der Waals surface area contributed by atoms with Crippen molar-refractivity contribution < 1.29 is 14.3 Å². The largest absolute Gasteiger partial charge is 0.464 e. The van der Waals surface area contributed by atoms with E-state index in [0.29, 0.717) is 5.69 Å². The highest BCUT2D eigenvalue weighted by Crippen LogP contribution is 2.25. The zero-order valence-electron chi connectivity index (χ0n) is 12.8. The van der Waals surface area contributed by atoms with Gasteiger partial charge in [-0.2, -0.15) is 5.26 Å². The lowest BCUT2D eigenvalue weighted by Crippen LogP contribution is -2.20. The number of hydrogen-bond donors (Lipinski definition) is 2. The van der Waals surface area contributed by atoms with Crippen LogP contribution >= 0.6 is 0 Å². The quantitative estimate of drug-likeness (QED) is 0.819. The number of esters is 1. The summed E-state index contributed by atoms with van der Waals surface area (Å²) in [6.07, 6.45) is 1.68. The third-order valence-electron chi connectivity index (χ3n) is 3.38. The summed E-state index contributed by atoms with van der Waals surface area (Å²) in [4.78, 5) is 23.5. The third kappa shape index (κ3) is 3.16. The maximum atomic E-state index is 12.0. The first-order valence-corrected chi connectivity index (χ1v) is 6.81. The van der Waals surface area contributed by atoms with E-state index in [4.69, 9.17) is 15.7 Å². The first kappa shape index (κ1) is 16.1. The molecule has 2 aromatic rings. The lowest BCUT2D eigenvalue weighted by atomic mass is 10.1. The molecule has 0 bridgehead atoms. The van der Waals surface area contributed by atoms with Crippen molar-refractivity contribution in [1.29, 1.82) is 5.26 Å². The summed E-state index contributed by atoms with van der Waals surface area (Å²) >= 11 is 0. The lowest BCUT2D eigenvalue weighted by Gasteiger charge is -2.10. The Bertz CT molecular complexity index is 802. The summed E-state index contributed by atoms with van der Waals surface area (Å²) in [5.74, 6) is -0.763. The van der Waals surface area contributed by atoms with Gasteiger partial charge in [-0.1, -0.05) is 12.1 Å². The number of nitriles is 1. The fourth-order valence-electron chi connectivity index (χ4n) is 2.21. The van der Waals surface area contributed by atoms with Gasteiger partial charge in [-0.15, -0.1) is 0 Å². The van der Waals surface area contributed by atoms with Gasteiger partial charge in [0.2, 0.25) is 5.91 Å². The minimum Gasteiger partial charge on any atom is -0.464 e. The van der Waals surface area contributed by atoms with Gasteiger partial charge >= 0.3 is 5.97 Å². The van der Waals surface area contributed by atoms with Crippen LogP contribution in [-0.2, 0) is 16.0 Å². The molecular weight excluding hydrogens is 296 g/mol. The molecule has 0 aliphatic carbocycles. The van der Waals surface area contributed by atoms with Gasteiger partial charge in [0.15, 0.2) is 5.69 Å². The molecule has 0 unspecified atom stereocenters. The fourth-order valence-corrected chi connectivity index (χ4v) is 2.21. The van der Waals surface area contributed by atoms with Gasteiger partial charge in [-0.25, -0.2) is 4.79 Å². The average molecular weight is 312 g/mol. The lowest BCUT2D eigenvalue weighted by molar-refractivity contribution is -0.119. The molecule has 1 amide bonds. The van der Waals surface area contributed by atoms with Crippen molar-refractivity contribution in [3.63, 3.8) is 0 Å². The smallest absolute Gasteiger partial charge is 0.357 e. The Balaban J connectivity index is 2.54. The van der Waals surface area contributed by atoms with Crippen molar-refractivity contribution in [1.82, 2.24) is 9.88 Å². The second kappa shape index (κ2) is 6.66. The number of nitrogens with one attached hydrogen (secondary N) is 1. The van der Waals surface area contributed by atoms with Gasteiger partial charge in [-0.05, 0) is 17.7 Å². The van der Waals surface area contributed by atoms with Crippen LogP contribution in [0.4, 0.5) is 5.69 Å². The summed E-state index contributed by atoms with van der Waals surface area (Å²) in [7, 11) is 2.81. The van der Waals surface area contributed by atoms with E-state index in [2.05, 4.69) is 5.32 Å². The van der Waals surface area contributed by atoms with Crippen molar-refractivity contribution in [3.05, 3.63) is 47.3 Å². The summed E-state index contributed by atoms with van der Waals surface area (Å²) in [5.41, 5.74) is 7.57. The monoisotopic (exact) mass is 312 g/mol. The standard InChI is InChI=1S/C16H16N4O3/c1-19-13(21)7-10-4-3-5-12(6-10)20-9-11(8-17)14(18)15(20)16(22)23-2/h3-6,9H,7,18H2,1-2H3,(H,19,21). The highest BCUT2D eigenvalue weighted by atomic mass is 16.5. The van der Waals surface area contributed by atoms with Crippen LogP contribution in [0.25, 0.3) is 5.69 Å². The van der Waals surface area contributed by atoms with Crippen molar-refractivity contribution in [2.75, 3.05) is 19.9 Å². The van der Waals surface area contributed by atoms with Gasteiger partial charge in [0.25, 0.3) is 0 Å². The number of nitrogens with zero attached hydrogens (tertiary/aromatic N) is 2. The van der Waals surface area contributed by atoms with E-state index in [1.165, 1.54) is 17.9 Å². The summed E-state index contributed by atoms with van der Waals surface area (Å²) in [6, 6.07) is 9.01. The van der Waals surface area contributed by atoms with E-state index in [1.807, 2.05) is 6.07 Å². The number of likely N-dealkylation sites (N-methyl/N-ethyl adjacent to an activating group) is 1. The van der Waals surface area contributed by atoms with Crippen molar-refractivity contribution in [2.24, 2.45) is 0 Å². The molecule has 0 aliphatic rings. The molecule has 0 fully saturated rings. The van der Waals surface area contributed by atoms with Crippen LogP contribution in [0.15, 0.2) is 30.5 Å². The normalized spacial score (nSPS) is 9.96. The second-order valence-electron chi connectivity index (χ2n) is 4.80. The zero-order valence-corrected chi connectivity index (χ0v) is 12.8. The van der Waals surface area contributed by atoms with Crippen LogP contribution in [0.5, 0.6) is 0 Å². The topological polar surface area (TPSA) is 110 Å². The Labute approximate surface area is 133 Å². The number of rotatable bonds is 4. The van der Waals surface area contributed by atoms with Crippen LogP contribution in [0.2, 0.25) is 0 Å². The Kier molecular flexibility index (Phi) is 4.66. The Hall–Kier alpha value is -3.27. The predicted octanol–water partition coefficient (Wildman–Crippen LogP) is 1.01. The molecule has 118 valence electrons. The minimum absolute atomic E-state index is 0.0658. The Morgan fingerprint density at radius 2 is 2.17 bits per heavy atom. The van der Waals surface area contributed by atoms with Gasteiger partial charge in [0.05, 0.1) is 24.8 Å². The van der Waals surface area contributed by atoms with Gasteiger partial charge in [-0.3, -0.25) is 4.79 Å². The Morgan fingerprint density at radius 3 is 2.78 bits per heavy atom. The molecule has 1 aromatic heterocycles. The van der Waals surface area contributed by atoms with Crippen LogP contribution in [0.3, 0.4) is 0 Å². The highest BCUT2D eigenvalue weighted by molar-refractivity contribution is 5.96. The zero-order chi connectivity index (χ0) is 17.0. The number of carbonyl (C=O) groups is 2. The number of nitrogens with two attached hydrogens (primary N) is 1. The fraction of sp³-hybridized carbons (Fsp3) is 0.188. The molecular formula is C16H16N4O3. The first-order chi connectivity index (χ1) is 11.0. The molecule has 1 heterocycles. The summed E-state index contributed by atoms with van der Waals surface area (Å²) in [6.45, 7) is 0. The number of methoxy groups -OCH3 is 1. The minimum atomic E-state index is -0.638. The molecule has 0 saturated heterocycles. The van der Waals surface area contributed by atoms with E-state index in [9.17, 15) is 9.59 Å². The maximum absolute atomic E-state index is 12.0. The molecule has 7 nitrogen and oxygen atoms in total. The molecule has 0 atom stereocenters. The number of carbonyl (C=O) groups excluding carboxylic acids is 2. The highest BCUT2D eigenvalue weighted by Gasteiger charge is 2.21. The van der Waals surface area contributed by atoms with Gasteiger partial charge in [0, 0.05) is 18.9 Å². The van der Waals surface area contributed by atoms with E-state index in [1.54, 1.807) is 31.3 Å². The van der Waals surface area contributed by atoms with Gasteiger partial charge in [0.1, 0.15) is 6.07 Å². The van der Waals surface area contributed by atoms with Crippen molar-refractivity contribution in [2.45, 2.75) is 6.42 Å². The summed E-state index contributed by atoms with van der Waals surface area (Å²) in [5, 5.41) is 11.7. The van der Waals surface area contributed by atoms with Gasteiger partial charge < -0.3 is 20.4 Å². The number of anilines is 1. The Morgan fingerprint density at radius 1 is 1.43 bits per heavy atom. The molecule has 3 N–H and O–H groups in total.